The minimum Gasteiger partial charge on any atom is -0.306 e. The molecule has 1 aromatic heterocycles. The summed E-state index contributed by atoms with van der Waals surface area (Å²) in [6, 6.07) is 5.97. The van der Waals surface area contributed by atoms with Gasteiger partial charge in [-0.15, -0.1) is 11.3 Å². The Hall–Kier alpha value is -0.340. The third-order valence-electron chi connectivity index (χ3n) is 5.80. The number of hydrogen-bond donors (Lipinski definition) is 1. The molecule has 2 aliphatic rings. The number of thiophene rings is 1. The first kappa shape index (κ1) is 15.6. The molecule has 2 fully saturated rings. The summed E-state index contributed by atoms with van der Waals surface area (Å²) in [5.74, 6) is 1.87. The molecule has 0 aromatic carbocycles. The van der Waals surface area contributed by atoms with Gasteiger partial charge in [-0.05, 0) is 55.4 Å². The van der Waals surface area contributed by atoms with E-state index >= 15 is 0 Å². The largest absolute Gasteiger partial charge is 0.306 e. The lowest BCUT2D eigenvalue weighted by Crippen LogP contribution is -2.35. The summed E-state index contributed by atoms with van der Waals surface area (Å²) in [5, 5.41) is 6.34. The second-order valence-corrected chi connectivity index (χ2v) is 8.16. The van der Waals surface area contributed by atoms with Crippen LogP contribution in [-0.4, -0.2) is 6.04 Å². The van der Waals surface area contributed by atoms with Crippen LogP contribution >= 0.6 is 11.3 Å². The molecule has 0 aliphatic heterocycles. The van der Waals surface area contributed by atoms with Gasteiger partial charge in [-0.1, -0.05) is 45.1 Å². The highest BCUT2D eigenvalue weighted by Crippen LogP contribution is 2.38. The van der Waals surface area contributed by atoms with E-state index in [1.165, 1.54) is 64.2 Å². The summed E-state index contributed by atoms with van der Waals surface area (Å²) in [7, 11) is 0. The van der Waals surface area contributed by atoms with Crippen molar-refractivity contribution in [2.24, 2.45) is 11.8 Å². The molecular formula is C19H31NS. The molecule has 3 atom stereocenters. The zero-order valence-electron chi connectivity index (χ0n) is 13.5. The lowest BCUT2D eigenvalue weighted by molar-refractivity contribution is 0.312. The van der Waals surface area contributed by atoms with Crippen molar-refractivity contribution in [3.63, 3.8) is 0 Å². The summed E-state index contributed by atoms with van der Waals surface area (Å²) in [6.07, 6.45) is 14.2. The quantitative estimate of drug-likeness (QED) is 0.665. The molecule has 3 unspecified atom stereocenters. The fourth-order valence-electron chi connectivity index (χ4n) is 4.42. The highest BCUT2D eigenvalue weighted by Gasteiger charge is 2.29. The molecule has 3 rings (SSSR count). The van der Waals surface area contributed by atoms with Gasteiger partial charge in [-0.25, -0.2) is 0 Å². The molecule has 1 heterocycles. The normalized spacial score (nSPS) is 29.4. The van der Waals surface area contributed by atoms with Crippen molar-refractivity contribution in [3.8, 4) is 0 Å². The Bertz CT molecular complexity index is 394. The average Bonchev–Trinajstić information content (AvgIpc) is 3.16. The second-order valence-electron chi connectivity index (χ2n) is 7.18. The van der Waals surface area contributed by atoms with Crippen molar-refractivity contribution >= 4 is 11.3 Å². The van der Waals surface area contributed by atoms with Gasteiger partial charge in [0.1, 0.15) is 0 Å². The van der Waals surface area contributed by atoms with E-state index < -0.39 is 0 Å². The van der Waals surface area contributed by atoms with E-state index in [-0.39, 0.29) is 0 Å². The van der Waals surface area contributed by atoms with Gasteiger partial charge >= 0.3 is 0 Å². The smallest absolute Gasteiger partial charge is 0.0445 e. The van der Waals surface area contributed by atoms with Crippen LogP contribution in [0.15, 0.2) is 17.5 Å². The molecule has 2 heteroatoms. The van der Waals surface area contributed by atoms with Crippen LogP contribution in [0.3, 0.4) is 0 Å². The zero-order valence-corrected chi connectivity index (χ0v) is 14.3. The molecule has 2 saturated carbocycles. The number of rotatable bonds is 5. The van der Waals surface area contributed by atoms with Crippen LogP contribution in [0, 0.1) is 11.8 Å². The Balaban J connectivity index is 1.64. The Kier molecular flexibility index (Phi) is 5.76. The third-order valence-corrected chi connectivity index (χ3v) is 6.76. The fraction of sp³-hybridized carbons (Fsp3) is 0.789. The Morgan fingerprint density at radius 1 is 1.10 bits per heavy atom. The van der Waals surface area contributed by atoms with Crippen molar-refractivity contribution in [1.29, 1.82) is 0 Å². The maximum absolute atomic E-state index is 4.10. The third kappa shape index (κ3) is 4.10. The van der Waals surface area contributed by atoms with Crippen molar-refractivity contribution in [2.75, 3.05) is 0 Å². The number of hydrogen-bond acceptors (Lipinski definition) is 2. The first-order valence-electron chi connectivity index (χ1n) is 9.16. The van der Waals surface area contributed by atoms with Gasteiger partial charge in [0.15, 0.2) is 0 Å². The van der Waals surface area contributed by atoms with Gasteiger partial charge < -0.3 is 5.32 Å². The minimum atomic E-state index is 0.635. The summed E-state index contributed by atoms with van der Waals surface area (Å²) in [6.45, 7) is 2.37. The van der Waals surface area contributed by atoms with Crippen molar-refractivity contribution in [3.05, 3.63) is 22.4 Å². The van der Waals surface area contributed by atoms with Crippen molar-refractivity contribution < 1.29 is 0 Å². The van der Waals surface area contributed by atoms with Crippen LogP contribution in [0.5, 0.6) is 0 Å². The van der Waals surface area contributed by atoms with Gasteiger partial charge in [0.05, 0.1) is 0 Å². The van der Waals surface area contributed by atoms with Gasteiger partial charge in [-0.3, -0.25) is 0 Å². The molecule has 1 aromatic rings. The van der Waals surface area contributed by atoms with Crippen LogP contribution < -0.4 is 5.32 Å². The maximum Gasteiger partial charge on any atom is 0.0445 e. The minimum absolute atomic E-state index is 0.635. The summed E-state index contributed by atoms with van der Waals surface area (Å²) < 4.78 is 0. The van der Waals surface area contributed by atoms with Crippen LogP contribution in [0.1, 0.15) is 82.1 Å². The molecule has 0 amide bonds. The van der Waals surface area contributed by atoms with Gasteiger partial charge in [0.25, 0.3) is 0 Å². The lowest BCUT2D eigenvalue weighted by Gasteiger charge is -2.29. The zero-order chi connectivity index (χ0) is 14.5. The predicted molar refractivity (Wildman–Crippen MR) is 92.8 cm³/mol. The summed E-state index contributed by atoms with van der Waals surface area (Å²) >= 11 is 1.95. The molecular weight excluding hydrogens is 274 g/mol. The maximum atomic E-state index is 4.10. The molecule has 2 aliphatic carbocycles. The van der Waals surface area contributed by atoms with E-state index in [2.05, 4.69) is 29.8 Å². The summed E-state index contributed by atoms with van der Waals surface area (Å²) in [4.78, 5) is 1.58. The average molecular weight is 306 g/mol. The highest BCUT2D eigenvalue weighted by molar-refractivity contribution is 7.10. The first-order valence-corrected chi connectivity index (χ1v) is 10.0. The predicted octanol–water partition coefficient (Wildman–Crippen LogP) is 5.93. The molecule has 0 saturated heterocycles. The molecule has 0 spiro atoms. The van der Waals surface area contributed by atoms with E-state index in [4.69, 9.17) is 0 Å². The monoisotopic (exact) mass is 305 g/mol. The Morgan fingerprint density at radius 2 is 1.95 bits per heavy atom. The van der Waals surface area contributed by atoms with E-state index in [1.54, 1.807) is 4.88 Å². The number of nitrogens with one attached hydrogen (secondary N) is 1. The standard InChI is InChI=1S/C19H31NS/c1-2-15-7-5-10-17(13-12-15)20-19(16-8-3-4-9-16)18-11-6-14-21-18/h6,11,14-17,19-20H,2-5,7-10,12-13H2,1H3. The molecule has 0 bridgehead atoms. The van der Waals surface area contributed by atoms with Crippen molar-refractivity contribution in [2.45, 2.75) is 83.2 Å². The molecule has 21 heavy (non-hydrogen) atoms. The lowest BCUT2D eigenvalue weighted by atomic mass is 9.94. The fourth-order valence-corrected chi connectivity index (χ4v) is 5.30. The SMILES string of the molecule is CCC1CCCC(NC(c2cccs2)C2CCCC2)CC1. The van der Waals surface area contributed by atoms with E-state index in [1.807, 2.05) is 11.3 Å². The Morgan fingerprint density at radius 3 is 2.67 bits per heavy atom. The summed E-state index contributed by atoms with van der Waals surface area (Å²) in [5.41, 5.74) is 0. The van der Waals surface area contributed by atoms with Gasteiger partial charge in [-0.2, -0.15) is 0 Å². The van der Waals surface area contributed by atoms with Crippen LogP contribution in [0.2, 0.25) is 0 Å². The van der Waals surface area contributed by atoms with E-state index in [9.17, 15) is 0 Å². The molecule has 1 nitrogen and oxygen atoms in total. The second kappa shape index (κ2) is 7.78. The van der Waals surface area contributed by atoms with E-state index in [0.29, 0.717) is 6.04 Å². The molecule has 118 valence electrons. The van der Waals surface area contributed by atoms with Crippen LogP contribution in [0.25, 0.3) is 0 Å². The van der Waals surface area contributed by atoms with Gasteiger partial charge in [0, 0.05) is 17.0 Å². The van der Waals surface area contributed by atoms with Gasteiger partial charge in [0.2, 0.25) is 0 Å². The Labute approximate surface area is 134 Å². The van der Waals surface area contributed by atoms with Crippen molar-refractivity contribution in [1.82, 2.24) is 5.32 Å². The van der Waals surface area contributed by atoms with Crippen LogP contribution in [0.4, 0.5) is 0 Å². The molecule has 0 radical (unpaired) electrons. The highest BCUT2D eigenvalue weighted by atomic mass is 32.1. The van der Waals surface area contributed by atoms with Crippen LogP contribution in [-0.2, 0) is 0 Å². The molecule has 1 N–H and O–H groups in total. The van der Waals surface area contributed by atoms with E-state index in [0.717, 1.165) is 17.9 Å². The topological polar surface area (TPSA) is 12.0 Å². The first-order chi connectivity index (χ1) is 10.4.